The van der Waals surface area contributed by atoms with Crippen LogP contribution >= 0.6 is 11.6 Å². The van der Waals surface area contributed by atoms with Crippen molar-refractivity contribution in [1.82, 2.24) is 4.90 Å². The van der Waals surface area contributed by atoms with Crippen LogP contribution in [0.25, 0.3) is 0 Å². The first-order chi connectivity index (χ1) is 8.29. The lowest BCUT2D eigenvalue weighted by atomic mass is 10.0. The lowest BCUT2D eigenvalue weighted by Gasteiger charge is -2.33. The topological polar surface area (TPSA) is 23.5 Å². The van der Waals surface area contributed by atoms with Crippen LogP contribution in [0.2, 0.25) is 5.02 Å². The molecule has 0 unspecified atom stereocenters. The molecule has 1 saturated heterocycles. The first kappa shape index (κ1) is 12.9. The monoisotopic (exact) mass is 253 g/mol. The number of aliphatic hydroxyl groups is 1. The van der Waals surface area contributed by atoms with Crippen molar-refractivity contribution in [3.8, 4) is 0 Å². The summed E-state index contributed by atoms with van der Waals surface area (Å²) < 4.78 is 0. The molecule has 0 bridgehead atoms. The summed E-state index contributed by atoms with van der Waals surface area (Å²) in [7, 11) is 0. The van der Waals surface area contributed by atoms with Crippen molar-refractivity contribution in [1.29, 1.82) is 0 Å². The highest BCUT2D eigenvalue weighted by atomic mass is 35.5. The average Bonchev–Trinajstić information content (AvgIpc) is 2.39. The van der Waals surface area contributed by atoms with E-state index in [2.05, 4.69) is 17.0 Å². The van der Waals surface area contributed by atoms with Gasteiger partial charge in [0, 0.05) is 11.1 Å². The maximum atomic E-state index is 9.53. The van der Waals surface area contributed by atoms with Gasteiger partial charge in [0.1, 0.15) is 0 Å². The standard InChI is InChI=1S/C14H20ClNO/c15-13-6-4-12(5-7-13)10-14(11-17)16-8-2-1-3-9-16/h4-7,14,17H,1-3,8-11H2/t14-/m0/s1. The van der Waals surface area contributed by atoms with E-state index in [4.69, 9.17) is 11.6 Å². The van der Waals surface area contributed by atoms with Gasteiger partial charge in [-0.25, -0.2) is 0 Å². The van der Waals surface area contributed by atoms with E-state index in [0.717, 1.165) is 24.5 Å². The van der Waals surface area contributed by atoms with Crippen LogP contribution in [0.1, 0.15) is 24.8 Å². The molecule has 0 spiro atoms. The van der Waals surface area contributed by atoms with Gasteiger partial charge >= 0.3 is 0 Å². The molecule has 0 amide bonds. The van der Waals surface area contributed by atoms with Gasteiger partial charge in [-0.15, -0.1) is 0 Å². The van der Waals surface area contributed by atoms with E-state index >= 15 is 0 Å². The molecule has 0 saturated carbocycles. The third kappa shape index (κ3) is 3.70. The van der Waals surface area contributed by atoms with Crippen molar-refractivity contribution in [2.75, 3.05) is 19.7 Å². The maximum Gasteiger partial charge on any atom is 0.0590 e. The number of nitrogens with zero attached hydrogens (tertiary/aromatic N) is 1. The molecule has 94 valence electrons. The summed E-state index contributed by atoms with van der Waals surface area (Å²) in [4.78, 5) is 2.41. The van der Waals surface area contributed by atoms with Gasteiger partial charge in [0.2, 0.25) is 0 Å². The van der Waals surface area contributed by atoms with E-state index in [0.29, 0.717) is 0 Å². The lowest BCUT2D eigenvalue weighted by Crippen LogP contribution is -2.42. The van der Waals surface area contributed by atoms with E-state index in [1.165, 1.54) is 24.8 Å². The summed E-state index contributed by atoms with van der Waals surface area (Å²) in [6, 6.07) is 8.20. The Morgan fingerprint density at radius 1 is 1.12 bits per heavy atom. The fraction of sp³-hybridized carbons (Fsp3) is 0.571. The molecule has 1 aliphatic rings. The van der Waals surface area contributed by atoms with Crippen molar-refractivity contribution >= 4 is 11.6 Å². The molecule has 2 nitrogen and oxygen atoms in total. The third-order valence-electron chi connectivity index (χ3n) is 3.50. The molecule has 1 aromatic carbocycles. The van der Waals surface area contributed by atoms with Crippen LogP contribution in [0.4, 0.5) is 0 Å². The number of benzene rings is 1. The molecular formula is C14H20ClNO. The predicted molar refractivity (Wildman–Crippen MR) is 71.5 cm³/mol. The quantitative estimate of drug-likeness (QED) is 0.892. The molecular weight excluding hydrogens is 234 g/mol. The third-order valence-corrected chi connectivity index (χ3v) is 3.75. The zero-order chi connectivity index (χ0) is 12.1. The number of halogens is 1. The van der Waals surface area contributed by atoms with Gasteiger partial charge in [0.05, 0.1) is 6.61 Å². The fourth-order valence-electron chi connectivity index (χ4n) is 2.49. The minimum absolute atomic E-state index is 0.239. The van der Waals surface area contributed by atoms with E-state index in [1.54, 1.807) is 0 Å². The van der Waals surface area contributed by atoms with Crippen LogP contribution in [0, 0.1) is 0 Å². The Bertz CT molecular complexity index is 333. The van der Waals surface area contributed by atoms with Gasteiger partial charge in [0.15, 0.2) is 0 Å². The van der Waals surface area contributed by atoms with Crippen LogP contribution in [0.3, 0.4) is 0 Å². The second kappa shape index (κ2) is 6.39. The normalized spacial score (nSPS) is 19.2. The molecule has 0 radical (unpaired) electrons. The van der Waals surface area contributed by atoms with E-state index in [1.807, 2.05) is 12.1 Å². The lowest BCUT2D eigenvalue weighted by molar-refractivity contribution is 0.104. The first-order valence-electron chi connectivity index (χ1n) is 6.39. The maximum absolute atomic E-state index is 9.53. The highest BCUT2D eigenvalue weighted by Gasteiger charge is 2.19. The van der Waals surface area contributed by atoms with Crippen molar-refractivity contribution in [2.24, 2.45) is 0 Å². The zero-order valence-electron chi connectivity index (χ0n) is 10.1. The Labute approximate surface area is 108 Å². The summed E-state index contributed by atoms with van der Waals surface area (Å²) in [5.74, 6) is 0. The molecule has 2 rings (SSSR count). The minimum Gasteiger partial charge on any atom is -0.395 e. The molecule has 1 heterocycles. The summed E-state index contributed by atoms with van der Waals surface area (Å²) in [5, 5.41) is 10.3. The molecule has 3 heteroatoms. The van der Waals surface area contributed by atoms with Gasteiger partial charge in [0.25, 0.3) is 0 Å². The van der Waals surface area contributed by atoms with Gasteiger partial charge in [-0.05, 0) is 50.0 Å². The van der Waals surface area contributed by atoms with E-state index < -0.39 is 0 Å². The smallest absolute Gasteiger partial charge is 0.0590 e. The first-order valence-corrected chi connectivity index (χ1v) is 6.77. The highest BCUT2D eigenvalue weighted by molar-refractivity contribution is 6.30. The molecule has 0 aliphatic carbocycles. The van der Waals surface area contributed by atoms with Crippen LogP contribution in [0.15, 0.2) is 24.3 Å². The average molecular weight is 254 g/mol. The number of rotatable bonds is 4. The Hall–Kier alpha value is -0.570. The molecule has 1 aliphatic heterocycles. The highest BCUT2D eigenvalue weighted by Crippen LogP contribution is 2.17. The Balaban J connectivity index is 1.96. The molecule has 0 aromatic heterocycles. The van der Waals surface area contributed by atoms with Gasteiger partial charge < -0.3 is 5.11 Å². The van der Waals surface area contributed by atoms with Crippen LogP contribution in [-0.2, 0) is 6.42 Å². The predicted octanol–water partition coefficient (Wildman–Crippen LogP) is 2.73. The van der Waals surface area contributed by atoms with Crippen LogP contribution < -0.4 is 0 Å². The number of hydrogen-bond acceptors (Lipinski definition) is 2. The van der Waals surface area contributed by atoms with E-state index in [9.17, 15) is 5.11 Å². The van der Waals surface area contributed by atoms with Crippen LogP contribution in [0.5, 0.6) is 0 Å². The summed E-state index contributed by atoms with van der Waals surface area (Å²) >= 11 is 5.87. The number of hydrogen-bond donors (Lipinski definition) is 1. The van der Waals surface area contributed by atoms with Gasteiger partial charge in [-0.3, -0.25) is 4.90 Å². The van der Waals surface area contributed by atoms with Gasteiger partial charge in [-0.2, -0.15) is 0 Å². The minimum atomic E-state index is 0.239. The molecule has 1 fully saturated rings. The van der Waals surface area contributed by atoms with Crippen molar-refractivity contribution in [2.45, 2.75) is 31.7 Å². The van der Waals surface area contributed by atoms with Crippen LogP contribution in [-0.4, -0.2) is 35.7 Å². The second-order valence-electron chi connectivity index (χ2n) is 4.76. The SMILES string of the molecule is OC[C@H](Cc1ccc(Cl)cc1)N1CCCCC1. The van der Waals surface area contributed by atoms with Gasteiger partial charge in [-0.1, -0.05) is 30.2 Å². The Morgan fingerprint density at radius 2 is 1.76 bits per heavy atom. The molecule has 1 N–H and O–H groups in total. The molecule has 17 heavy (non-hydrogen) atoms. The van der Waals surface area contributed by atoms with Crippen molar-refractivity contribution in [3.63, 3.8) is 0 Å². The van der Waals surface area contributed by atoms with Crippen molar-refractivity contribution in [3.05, 3.63) is 34.9 Å². The molecule has 1 atom stereocenters. The molecule has 1 aromatic rings. The summed E-state index contributed by atoms with van der Waals surface area (Å²) in [6.07, 6.45) is 4.76. The Kier molecular flexibility index (Phi) is 4.84. The zero-order valence-corrected chi connectivity index (χ0v) is 10.9. The largest absolute Gasteiger partial charge is 0.395 e. The van der Waals surface area contributed by atoms with E-state index in [-0.39, 0.29) is 12.6 Å². The number of aliphatic hydroxyl groups excluding tert-OH is 1. The second-order valence-corrected chi connectivity index (χ2v) is 5.20. The number of piperidine rings is 1. The fourth-order valence-corrected chi connectivity index (χ4v) is 2.61. The Morgan fingerprint density at radius 3 is 2.35 bits per heavy atom. The summed E-state index contributed by atoms with van der Waals surface area (Å²) in [5.41, 5.74) is 1.25. The summed E-state index contributed by atoms with van der Waals surface area (Å²) in [6.45, 7) is 2.49. The van der Waals surface area contributed by atoms with Crippen molar-refractivity contribution < 1.29 is 5.11 Å². The number of likely N-dealkylation sites (tertiary alicyclic amines) is 1.